The van der Waals surface area contributed by atoms with E-state index in [1.807, 2.05) is 24.1 Å². The molecule has 1 unspecified atom stereocenters. The van der Waals surface area contributed by atoms with Gasteiger partial charge >= 0.3 is 0 Å². The molecule has 2 rings (SSSR count). The Hall–Kier alpha value is -0.650. The van der Waals surface area contributed by atoms with Crippen LogP contribution in [-0.4, -0.2) is 28.4 Å². The molecule has 2 heterocycles. The van der Waals surface area contributed by atoms with Gasteiger partial charge in [0.1, 0.15) is 0 Å². The number of pyridine rings is 1. The molecule has 1 aromatic rings. The van der Waals surface area contributed by atoms with Gasteiger partial charge in [-0.3, -0.25) is 9.78 Å². The standard InChI is InChI=1S/C13H17IN2O/c1-13(2)7-6-9(12(17)16(13)3)11-10(14)5-4-8-15-11/h4-5,8-9H,6-7H2,1-3H3. The Labute approximate surface area is 116 Å². The largest absolute Gasteiger partial charge is 0.340 e. The molecular weight excluding hydrogens is 327 g/mol. The molecule has 0 saturated carbocycles. The summed E-state index contributed by atoms with van der Waals surface area (Å²) in [5, 5.41) is 0. The summed E-state index contributed by atoms with van der Waals surface area (Å²) in [6.45, 7) is 4.23. The highest BCUT2D eigenvalue weighted by Gasteiger charge is 2.39. The van der Waals surface area contributed by atoms with Gasteiger partial charge in [0.25, 0.3) is 0 Å². The summed E-state index contributed by atoms with van der Waals surface area (Å²) in [6, 6.07) is 3.92. The minimum absolute atomic E-state index is 0.0339. The lowest BCUT2D eigenvalue weighted by Crippen LogP contribution is -2.51. The van der Waals surface area contributed by atoms with E-state index in [1.54, 1.807) is 6.20 Å². The lowest BCUT2D eigenvalue weighted by atomic mass is 9.83. The SMILES string of the molecule is CN1C(=O)C(c2ncccc2I)CCC1(C)C. The molecule has 1 saturated heterocycles. The summed E-state index contributed by atoms with van der Waals surface area (Å²) in [6.07, 6.45) is 3.68. The summed E-state index contributed by atoms with van der Waals surface area (Å²) in [7, 11) is 1.89. The number of hydrogen-bond acceptors (Lipinski definition) is 2. The molecule has 0 aromatic carbocycles. The van der Waals surface area contributed by atoms with Crippen molar-refractivity contribution in [1.82, 2.24) is 9.88 Å². The number of likely N-dealkylation sites (N-methyl/N-ethyl adjacent to an activating group) is 1. The number of carbonyl (C=O) groups excluding carboxylic acids is 1. The Kier molecular flexibility index (Phi) is 3.43. The molecule has 0 spiro atoms. The van der Waals surface area contributed by atoms with Crippen molar-refractivity contribution in [3.63, 3.8) is 0 Å². The van der Waals surface area contributed by atoms with Gasteiger partial charge in [-0.15, -0.1) is 0 Å². The summed E-state index contributed by atoms with van der Waals surface area (Å²) >= 11 is 2.26. The third-order valence-corrected chi connectivity index (χ3v) is 4.61. The average Bonchev–Trinajstić information content (AvgIpc) is 2.28. The Balaban J connectivity index is 2.31. The average molecular weight is 344 g/mol. The van der Waals surface area contributed by atoms with Crippen molar-refractivity contribution in [2.75, 3.05) is 7.05 Å². The predicted molar refractivity (Wildman–Crippen MR) is 75.8 cm³/mol. The molecular formula is C13H17IN2O. The number of carbonyl (C=O) groups is 1. The Morgan fingerprint density at radius 1 is 1.53 bits per heavy atom. The Morgan fingerprint density at radius 3 is 2.88 bits per heavy atom. The lowest BCUT2D eigenvalue weighted by molar-refractivity contribution is -0.140. The molecule has 1 aromatic heterocycles. The Bertz CT molecular complexity index is 445. The lowest BCUT2D eigenvalue weighted by Gasteiger charge is -2.43. The smallest absolute Gasteiger partial charge is 0.231 e. The van der Waals surface area contributed by atoms with Gasteiger partial charge in [-0.05, 0) is 61.4 Å². The summed E-state index contributed by atoms with van der Waals surface area (Å²) < 4.78 is 1.08. The van der Waals surface area contributed by atoms with E-state index in [1.165, 1.54) is 0 Å². The molecule has 1 aliphatic heterocycles. The number of halogens is 1. The number of likely N-dealkylation sites (tertiary alicyclic amines) is 1. The second-order valence-corrected chi connectivity index (χ2v) is 6.33. The second-order valence-electron chi connectivity index (χ2n) is 5.17. The van der Waals surface area contributed by atoms with E-state index in [4.69, 9.17) is 0 Å². The van der Waals surface area contributed by atoms with Crippen LogP contribution >= 0.6 is 22.6 Å². The zero-order valence-corrected chi connectivity index (χ0v) is 12.6. The molecule has 1 aliphatic rings. The van der Waals surface area contributed by atoms with Crippen molar-refractivity contribution in [1.29, 1.82) is 0 Å². The summed E-state index contributed by atoms with van der Waals surface area (Å²) in [5.74, 6) is 0.124. The van der Waals surface area contributed by atoms with Crippen molar-refractivity contribution in [2.24, 2.45) is 0 Å². The van der Waals surface area contributed by atoms with Gasteiger partial charge in [0.05, 0.1) is 11.6 Å². The number of aromatic nitrogens is 1. The molecule has 1 amide bonds. The predicted octanol–water partition coefficient (Wildman–Crippen LogP) is 2.80. The molecule has 0 bridgehead atoms. The van der Waals surface area contributed by atoms with Crippen molar-refractivity contribution in [3.8, 4) is 0 Å². The highest BCUT2D eigenvalue weighted by Crippen LogP contribution is 2.36. The van der Waals surface area contributed by atoms with E-state index in [0.29, 0.717) is 0 Å². The van der Waals surface area contributed by atoms with Crippen molar-refractivity contribution in [3.05, 3.63) is 27.6 Å². The molecule has 92 valence electrons. The minimum atomic E-state index is -0.0684. The van der Waals surface area contributed by atoms with Gasteiger partial charge < -0.3 is 4.90 Å². The molecule has 1 fully saturated rings. The number of nitrogens with zero attached hydrogens (tertiary/aromatic N) is 2. The zero-order chi connectivity index (χ0) is 12.6. The van der Waals surface area contributed by atoms with Crippen LogP contribution in [0.2, 0.25) is 0 Å². The number of hydrogen-bond donors (Lipinski definition) is 0. The molecule has 0 aliphatic carbocycles. The first-order valence-electron chi connectivity index (χ1n) is 5.81. The number of amides is 1. The first-order valence-corrected chi connectivity index (χ1v) is 6.89. The van der Waals surface area contributed by atoms with Crippen LogP contribution in [0.1, 0.15) is 38.3 Å². The number of piperidine rings is 1. The minimum Gasteiger partial charge on any atom is -0.340 e. The van der Waals surface area contributed by atoms with E-state index in [9.17, 15) is 4.79 Å². The summed E-state index contributed by atoms with van der Waals surface area (Å²) in [5.41, 5.74) is 0.897. The highest BCUT2D eigenvalue weighted by atomic mass is 127. The van der Waals surface area contributed by atoms with E-state index >= 15 is 0 Å². The molecule has 0 N–H and O–H groups in total. The van der Waals surface area contributed by atoms with E-state index < -0.39 is 0 Å². The third-order valence-electron chi connectivity index (χ3n) is 3.70. The molecule has 1 atom stereocenters. The van der Waals surface area contributed by atoms with E-state index in [-0.39, 0.29) is 17.4 Å². The summed E-state index contributed by atoms with van der Waals surface area (Å²) in [4.78, 5) is 18.6. The molecule has 4 heteroatoms. The van der Waals surface area contributed by atoms with Gasteiger partial charge in [0.15, 0.2) is 0 Å². The van der Waals surface area contributed by atoms with E-state index in [2.05, 4.69) is 41.4 Å². The maximum atomic E-state index is 12.4. The first kappa shape index (κ1) is 12.8. The monoisotopic (exact) mass is 344 g/mol. The third kappa shape index (κ3) is 2.32. The van der Waals surface area contributed by atoms with Crippen LogP contribution in [0.3, 0.4) is 0 Å². The Morgan fingerprint density at radius 2 is 2.24 bits per heavy atom. The fourth-order valence-electron chi connectivity index (χ4n) is 2.23. The fraction of sp³-hybridized carbons (Fsp3) is 0.538. The van der Waals surface area contributed by atoms with Crippen LogP contribution in [0.5, 0.6) is 0 Å². The van der Waals surface area contributed by atoms with Gasteiger partial charge in [-0.2, -0.15) is 0 Å². The molecule has 0 radical (unpaired) electrons. The van der Waals surface area contributed by atoms with Crippen LogP contribution in [0.15, 0.2) is 18.3 Å². The topological polar surface area (TPSA) is 33.2 Å². The highest BCUT2D eigenvalue weighted by molar-refractivity contribution is 14.1. The van der Waals surface area contributed by atoms with Crippen LogP contribution in [0.25, 0.3) is 0 Å². The molecule has 3 nitrogen and oxygen atoms in total. The van der Waals surface area contributed by atoms with Crippen LogP contribution < -0.4 is 0 Å². The van der Waals surface area contributed by atoms with Gasteiger partial charge in [0.2, 0.25) is 5.91 Å². The van der Waals surface area contributed by atoms with Crippen molar-refractivity contribution < 1.29 is 4.79 Å². The van der Waals surface area contributed by atoms with Crippen molar-refractivity contribution >= 4 is 28.5 Å². The normalized spacial score (nSPS) is 23.9. The maximum Gasteiger partial charge on any atom is 0.231 e. The van der Waals surface area contributed by atoms with Gasteiger partial charge in [-0.1, -0.05) is 0 Å². The maximum absolute atomic E-state index is 12.4. The quantitative estimate of drug-likeness (QED) is 0.734. The fourth-order valence-corrected chi connectivity index (χ4v) is 2.95. The van der Waals surface area contributed by atoms with E-state index in [0.717, 1.165) is 22.1 Å². The molecule has 17 heavy (non-hydrogen) atoms. The van der Waals surface area contributed by atoms with Crippen LogP contribution in [0.4, 0.5) is 0 Å². The first-order chi connectivity index (χ1) is 7.93. The van der Waals surface area contributed by atoms with Crippen molar-refractivity contribution in [2.45, 2.75) is 38.1 Å². The van der Waals surface area contributed by atoms with Crippen LogP contribution in [0, 0.1) is 3.57 Å². The van der Waals surface area contributed by atoms with Gasteiger partial charge in [0, 0.05) is 22.4 Å². The van der Waals surface area contributed by atoms with Crippen LogP contribution in [-0.2, 0) is 4.79 Å². The number of rotatable bonds is 1. The second kappa shape index (κ2) is 4.55. The zero-order valence-electron chi connectivity index (χ0n) is 10.4. The van der Waals surface area contributed by atoms with Gasteiger partial charge in [-0.25, -0.2) is 0 Å².